The Labute approximate surface area is 228 Å². The first-order valence-corrected chi connectivity index (χ1v) is 12.7. The molecule has 1 aliphatic rings. The first-order valence-electron chi connectivity index (χ1n) is 12.3. The monoisotopic (exact) mass is 565 g/mol. The lowest BCUT2D eigenvalue weighted by Crippen LogP contribution is -2.54. The van der Waals surface area contributed by atoms with Crippen molar-refractivity contribution in [3.63, 3.8) is 0 Å². The summed E-state index contributed by atoms with van der Waals surface area (Å²) < 4.78 is 38.6. The molecule has 3 N–H and O–H groups in total. The second-order valence-electron chi connectivity index (χ2n) is 8.94. The van der Waals surface area contributed by atoms with Gasteiger partial charge in [-0.2, -0.15) is 9.97 Å². The summed E-state index contributed by atoms with van der Waals surface area (Å²) in [5.74, 6) is -1.97. The number of anilines is 1. The fourth-order valence-corrected chi connectivity index (χ4v) is 4.44. The number of aliphatic hydroxyl groups is 1. The molecule has 1 aromatic carbocycles. The number of aromatic nitrogens is 4. The zero-order chi connectivity index (χ0) is 28.3. The van der Waals surface area contributed by atoms with Gasteiger partial charge in [-0.25, -0.2) is 19.0 Å². The highest BCUT2D eigenvalue weighted by molar-refractivity contribution is 6.28. The van der Waals surface area contributed by atoms with Gasteiger partial charge in [-0.15, -0.1) is 0 Å². The van der Waals surface area contributed by atoms with Crippen molar-refractivity contribution >= 4 is 40.5 Å². The van der Waals surface area contributed by atoms with Crippen LogP contribution in [0.3, 0.4) is 0 Å². The van der Waals surface area contributed by atoms with E-state index in [1.54, 1.807) is 26.0 Å². The Morgan fingerprint density at radius 1 is 1.18 bits per heavy atom. The van der Waals surface area contributed by atoms with Crippen molar-refractivity contribution in [3.05, 3.63) is 47.0 Å². The van der Waals surface area contributed by atoms with Gasteiger partial charge in [0.1, 0.15) is 17.7 Å². The average molecular weight is 566 g/mol. The van der Waals surface area contributed by atoms with E-state index in [0.717, 1.165) is 5.56 Å². The van der Waals surface area contributed by atoms with E-state index in [1.165, 1.54) is 10.9 Å². The lowest BCUT2D eigenvalue weighted by molar-refractivity contribution is -0.197. The van der Waals surface area contributed by atoms with E-state index in [2.05, 4.69) is 15.0 Å². The Balaban J connectivity index is 1.62. The van der Waals surface area contributed by atoms with Crippen LogP contribution in [0, 0.1) is 6.92 Å². The standard InChI is InChI=1S/C25H29ClFN5O7/c1-4-36-22(34)25(23(35)37-5-2,10-14-8-6-13(3)7-9-14)38-11-15-18(33)16(27)21(39-15)32-12-29-17-19(28)30-24(26)31-20(17)32/h6-9,12,15-16,18,21,33H,4-5,10-11H2,1-3H3,(H2,28,30,31)/t15-,16+,18-,21-/m1/s1. The molecule has 0 amide bonds. The van der Waals surface area contributed by atoms with Crippen LogP contribution in [-0.2, 0) is 35.0 Å². The maximum absolute atomic E-state index is 15.3. The van der Waals surface area contributed by atoms with E-state index < -0.39 is 48.8 Å². The molecule has 0 bridgehead atoms. The molecule has 0 spiro atoms. The van der Waals surface area contributed by atoms with Crippen LogP contribution in [0.2, 0.25) is 5.28 Å². The summed E-state index contributed by atoms with van der Waals surface area (Å²) in [4.78, 5) is 38.3. The highest BCUT2D eigenvalue weighted by Crippen LogP contribution is 2.35. The molecule has 0 saturated carbocycles. The summed E-state index contributed by atoms with van der Waals surface area (Å²) >= 11 is 5.90. The van der Waals surface area contributed by atoms with Crippen LogP contribution in [0.1, 0.15) is 31.2 Å². The van der Waals surface area contributed by atoms with Gasteiger partial charge in [0, 0.05) is 6.42 Å². The molecule has 4 rings (SSSR count). The van der Waals surface area contributed by atoms with Crippen LogP contribution < -0.4 is 5.73 Å². The molecule has 12 nitrogen and oxygen atoms in total. The minimum absolute atomic E-state index is 0.0117. The number of ether oxygens (including phenoxy) is 4. The summed E-state index contributed by atoms with van der Waals surface area (Å²) in [7, 11) is 0. The number of carbonyl (C=O) groups excluding carboxylic acids is 2. The van der Waals surface area contributed by atoms with Crippen molar-refractivity contribution < 1.29 is 38.0 Å². The third-order valence-electron chi connectivity index (χ3n) is 6.27. The van der Waals surface area contributed by atoms with Gasteiger partial charge in [-0.05, 0) is 37.9 Å². The molecule has 3 heterocycles. The number of benzene rings is 1. The molecule has 0 unspecified atom stereocenters. The maximum atomic E-state index is 15.3. The van der Waals surface area contributed by atoms with E-state index in [4.69, 9.17) is 36.3 Å². The fourth-order valence-electron chi connectivity index (χ4n) is 4.27. The average Bonchev–Trinajstić information content (AvgIpc) is 3.44. The van der Waals surface area contributed by atoms with Gasteiger partial charge in [0.15, 0.2) is 23.9 Å². The Morgan fingerprint density at radius 2 is 1.82 bits per heavy atom. The molecule has 1 fully saturated rings. The predicted octanol–water partition coefficient (Wildman–Crippen LogP) is 2.09. The van der Waals surface area contributed by atoms with Gasteiger partial charge in [0.05, 0.1) is 26.1 Å². The Bertz CT molecular complexity index is 1320. The van der Waals surface area contributed by atoms with Crippen LogP contribution in [0.5, 0.6) is 0 Å². The van der Waals surface area contributed by atoms with Crippen LogP contribution in [0.15, 0.2) is 30.6 Å². The topological polar surface area (TPSA) is 161 Å². The number of fused-ring (bicyclic) bond motifs is 1. The van der Waals surface area contributed by atoms with E-state index in [1.807, 2.05) is 19.1 Å². The molecule has 3 aromatic rings. The van der Waals surface area contributed by atoms with Gasteiger partial charge in [-0.3, -0.25) is 4.57 Å². The molecule has 210 valence electrons. The number of nitrogens with two attached hydrogens (primary N) is 1. The predicted molar refractivity (Wildman–Crippen MR) is 136 cm³/mol. The molecular weight excluding hydrogens is 537 g/mol. The van der Waals surface area contributed by atoms with Crippen molar-refractivity contribution in [2.45, 2.75) is 57.4 Å². The molecule has 0 aliphatic carbocycles. The quantitative estimate of drug-likeness (QED) is 0.210. The van der Waals surface area contributed by atoms with Crippen LogP contribution in [0.25, 0.3) is 11.2 Å². The summed E-state index contributed by atoms with van der Waals surface area (Å²) in [6, 6.07) is 7.11. The number of imidazole rings is 1. The summed E-state index contributed by atoms with van der Waals surface area (Å²) in [5.41, 5.74) is 5.43. The smallest absolute Gasteiger partial charge is 0.350 e. The molecule has 14 heteroatoms. The number of rotatable bonds is 10. The SMILES string of the molecule is CCOC(=O)C(Cc1ccc(C)cc1)(OC[C@H]1O[C@@H](n2cnc3c(N)nc(Cl)nc32)[C@@H](F)[C@@H]1O)C(=O)OCC. The number of halogens is 2. The number of nitrogens with zero attached hydrogens (tertiary/aromatic N) is 4. The maximum Gasteiger partial charge on any atom is 0.350 e. The second-order valence-corrected chi connectivity index (χ2v) is 9.28. The third-order valence-corrected chi connectivity index (χ3v) is 6.44. The van der Waals surface area contributed by atoms with Gasteiger partial charge in [0.25, 0.3) is 5.60 Å². The molecule has 1 aliphatic heterocycles. The Morgan fingerprint density at radius 3 is 2.44 bits per heavy atom. The number of alkyl halides is 1. The van der Waals surface area contributed by atoms with E-state index in [9.17, 15) is 14.7 Å². The fraction of sp³-hybridized carbons (Fsp3) is 0.480. The summed E-state index contributed by atoms with van der Waals surface area (Å²) in [5, 5.41) is 10.5. The lowest BCUT2D eigenvalue weighted by Gasteiger charge is -2.30. The first kappa shape index (κ1) is 28.6. The number of carbonyl (C=O) groups is 2. The third kappa shape index (κ3) is 5.66. The zero-order valence-corrected chi connectivity index (χ0v) is 22.3. The van der Waals surface area contributed by atoms with Crippen LogP contribution in [0.4, 0.5) is 10.2 Å². The van der Waals surface area contributed by atoms with Gasteiger partial charge >= 0.3 is 11.9 Å². The zero-order valence-electron chi connectivity index (χ0n) is 21.5. The highest BCUT2D eigenvalue weighted by Gasteiger charge is 2.53. The summed E-state index contributed by atoms with van der Waals surface area (Å²) in [6.07, 6.45) is -5.32. The first-order chi connectivity index (χ1) is 18.6. The minimum Gasteiger partial charge on any atom is -0.463 e. The van der Waals surface area contributed by atoms with E-state index >= 15 is 4.39 Å². The van der Waals surface area contributed by atoms with Crippen LogP contribution >= 0.6 is 11.6 Å². The largest absolute Gasteiger partial charge is 0.463 e. The van der Waals surface area contributed by atoms with E-state index in [0.29, 0.717) is 5.56 Å². The minimum atomic E-state index is -2.23. The number of hydrogen-bond donors (Lipinski definition) is 2. The van der Waals surface area contributed by atoms with Crippen LogP contribution in [-0.4, -0.2) is 80.4 Å². The number of aliphatic hydroxyl groups excluding tert-OH is 1. The van der Waals surface area contributed by atoms with Gasteiger partial charge < -0.3 is 29.8 Å². The van der Waals surface area contributed by atoms with Gasteiger partial charge in [0.2, 0.25) is 5.28 Å². The molecule has 39 heavy (non-hydrogen) atoms. The van der Waals surface area contributed by atoms with Crippen molar-refractivity contribution in [1.29, 1.82) is 0 Å². The molecule has 2 aromatic heterocycles. The Hall–Kier alpha value is -3.39. The normalized spacial score (nSPS) is 21.3. The van der Waals surface area contributed by atoms with E-state index in [-0.39, 0.29) is 41.9 Å². The van der Waals surface area contributed by atoms with Crippen molar-refractivity contribution in [1.82, 2.24) is 19.5 Å². The number of esters is 2. The van der Waals surface area contributed by atoms with Gasteiger partial charge in [-0.1, -0.05) is 29.8 Å². The number of nitrogen functional groups attached to an aromatic ring is 1. The highest BCUT2D eigenvalue weighted by atomic mass is 35.5. The molecular formula is C25H29ClFN5O7. The molecule has 4 atom stereocenters. The molecule has 1 saturated heterocycles. The van der Waals surface area contributed by atoms with Crippen molar-refractivity contribution in [2.75, 3.05) is 25.6 Å². The lowest BCUT2D eigenvalue weighted by atomic mass is 9.93. The summed E-state index contributed by atoms with van der Waals surface area (Å²) in [6.45, 7) is 4.45. The number of aryl methyl sites for hydroxylation is 1. The second kappa shape index (κ2) is 11.8. The Kier molecular flexibility index (Phi) is 8.64. The van der Waals surface area contributed by atoms with Crippen molar-refractivity contribution in [2.24, 2.45) is 0 Å². The molecule has 0 radical (unpaired) electrons. The number of hydrogen-bond acceptors (Lipinski definition) is 11. The van der Waals surface area contributed by atoms with Crippen molar-refractivity contribution in [3.8, 4) is 0 Å².